The first-order valence-electron chi connectivity index (χ1n) is 25.4. The van der Waals surface area contributed by atoms with E-state index in [2.05, 4.69) is 118 Å². The van der Waals surface area contributed by atoms with E-state index >= 15 is 0 Å². The Labute approximate surface area is 383 Å². The van der Waals surface area contributed by atoms with Crippen molar-refractivity contribution in [2.75, 3.05) is 19.8 Å². The molecule has 1 unspecified atom stereocenters. The van der Waals surface area contributed by atoms with E-state index in [1.54, 1.807) is 0 Å². The molecule has 0 N–H and O–H groups in total. The molecule has 0 bridgehead atoms. The summed E-state index contributed by atoms with van der Waals surface area (Å²) in [7, 11) is 0. The molecule has 0 aliphatic carbocycles. The van der Waals surface area contributed by atoms with Crippen LogP contribution in [0.3, 0.4) is 0 Å². The predicted molar refractivity (Wildman–Crippen MR) is 269 cm³/mol. The third-order valence-corrected chi connectivity index (χ3v) is 10.3. The minimum atomic E-state index is -0.605. The molecule has 0 heterocycles. The Kier molecular flexibility index (Phi) is 49.0. The number of unbranched alkanes of at least 4 members (excludes halogenated alkanes) is 17. The molecule has 352 valence electrons. The highest BCUT2D eigenvalue weighted by Gasteiger charge is 2.17. The summed E-state index contributed by atoms with van der Waals surface area (Å²) in [5, 5.41) is 0. The van der Waals surface area contributed by atoms with Gasteiger partial charge in [0.1, 0.15) is 6.61 Å². The van der Waals surface area contributed by atoms with Crippen molar-refractivity contribution in [3.05, 3.63) is 109 Å². The SMILES string of the molecule is CC/C=C\C/C=C\C/C=C\C/C=C\C/C=C\CC(=O)OC(COCCCCCCCC/C=C\C/C=C\CCC)COC(=O)CCCCCCCCC/C=C\C/C=C\CCCCC. The first kappa shape index (κ1) is 58.6. The van der Waals surface area contributed by atoms with Crippen molar-refractivity contribution < 1.29 is 23.8 Å². The molecule has 0 aliphatic heterocycles. The minimum Gasteiger partial charge on any atom is -0.462 e. The lowest BCUT2D eigenvalue weighted by Crippen LogP contribution is -2.29. The van der Waals surface area contributed by atoms with Crippen LogP contribution in [0, 0.1) is 0 Å². The lowest BCUT2D eigenvalue weighted by Gasteiger charge is -2.18. The van der Waals surface area contributed by atoms with Gasteiger partial charge < -0.3 is 14.2 Å². The summed E-state index contributed by atoms with van der Waals surface area (Å²) in [6.45, 7) is 7.48. The standard InChI is InChI=1S/C57H94O5/c1-4-7-10-13-16-19-22-25-28-29-31-32-35-38-41-44-47-50-56(58)61-54-55(53-60-52-49-46-43-40-37-34-27-24-21-18-15-12-9-6-3)62-57(59)51-48-45-42-39-36-33-30-26-23-20-17-14-11-8-5-2/h8,11-12,15-17,19-21,24-26,28,30,36,39,45,48,55H,4-7,9-10,13-14,18,22-23,27,29,31-35,37-38,40-44,46-47,49-54H2,1-3H3/b11-8-,15-12-,19-16-,20-17-,24-21-,28-25-,30-26-,39-36-,48-45-. The van der Waals surface area contributed by atoms with Crippen LogP contribution in [0.4, 0.5) is 0 Å². The van der Waals surface area contributed by atoms with Crippen LogP contribution in [0.5, 0.6) is 0 Å². The average Bonchev–Trinajstić information content (AvgIpc) is 3.27. The van der Waals surface area contributed by atoms with Crippen molar-refractivity contribution in [1.29, 1.82) is 0 Å². The summed E-state index contributed by atoms with van der Waals surface area (Å²) in [6, 6.07) is 0. The molecule has 0 radical (unpaired) electrons. The van der Waals surface area contributed by atoms with Gasteiger partial charge in [-0.2, -0.15) is 0 Å². The van der Waals surface area contributed by atoms with Gasteiger partial charge in [0.2, 0.25) is 0 Å². The molecule has 0 aromatic heterocycles. The number of carbonyl (C=O) groups excluding carboxylic acids is 2. The van der Waals surface area contributed by atoms with Crippen molar-refractivity contribution in [3.8, 4) is 0 Å². The quantitative estimate of drug-likeness (QED) is 0.0347. The minimum absolute atomic E-state index is 0.0312. The number of esters is 2. The fourth-order valence-corrected chi connectivity index (χ4v) is 6.53. The van der Waals surface area contributed by atoms with E-state index in [0.29, 0.717) is 13.0 Å². The molecule has 0 rings (SSSR count). The molecule has 1 atom stereocenters. The molecule has 0 amide bonds. The van der Waals surface area contributed by atoms with E-state index in [-0.39, 0.29) is 31.6 Å². The van der Waals surface area contributed by atoms with E-state index < -0.39 is 6.10 Å². The molecule has 0 aromatic rings. The Bertz CT molecular complexity index is 1250. The summed E-state index contributed by atoms with van der Waals surface area (Å²) in [5.74, 6) is -0.564. The maximum atomic E-state index is 12.7. The maximum absolute atomic E-state index is 12.7. The predicted octanol–water partition coefficient (Wildman–Crippen LogP) is 17.2. The van der Waals surface area contributed by atoms with Gasteiger partial charge in [0.15, 0.2) is 6.10 Å². The molecule has 0 saturated heterocycles. The highest BCUT2D eigenvalue weighted by molar-refractivity contribution is 5.71. The van der Waals surface area contributed by atoms with Crippen LogP contribution in [-0.4, -0.2) is 37.9 Å². The second-order valence-electron chi connectivity index (χ2n) is 16.3. The molecule has 0 fully saturated rings. The Hall–Kier alpha value is -3.44. The van der Waals surface area contributed by atoms with E-state index in [1.807, 2.05) is 12.2 Å². The van der Waals surface area contributed by atoms with Gasteiger partial charge in [-0.3, -0.25) is 9.59 Å². The maximum Gasteiger partial charge on any atom is 0.310 e. The van der Waals surface area contributed by atoms with E-state index in [4.69, 9.17) is 14.2 Å². The van der Waals surface area contributed by atoms with Crippen molar-refractivity contribution >= 4 is 11.9 Å². The van der Waals surface area contributed by atoms with E-state index in [1.165, 1.54) is 89.9 Å². The summed E-state index contributed by atoms with van der Waals surface area (Å²) in [4.78, 5) is 25.3. The van der Waals surface area contributed by atoms with Gasteiger partial charge in [-0.15, -0.1) is 0 Å². The third kappa shape index (κ3) is 49.2. The lowest BCUT2D eigenvalue weighted by atomic mass is 10.1. The molecular weight excluding hydrogens is 765 g/mol. The molecule has 5 heteroatoms. The number of rotatable bonds is 45. The van der Waals surface area contributed by atoms with Crippen LogP contribution in [-0.2, 0) is 23.8 Å². The van der Waals surface area contributed by atoms with Gasteiger partial charge in [-0.05, 0) is 103 Å². The largest absolute Gasteiger partial charge is 0.462 e. The topological polar surface area (TPSA) is 61.8 Å². The second-order valence-corrected chi connectivity index (χ2v) is 16.3. The zero-order valence-corrected chi connectivity index (χ0v) is 40.3. The summed E-state index contributed by atoms with van der Waals surface area (Å²) < 4.78 is 17.3. The molecule has 5 nitrogen and oxygen atoms in total. The van der Waals surface area contributed by atoms with Gasteiger partial charge in [-0.1, -0.05) is 207 Å². The normalized spacial score (nSPS) is 13.1. The fraction of sp³-hybridized carbons (Fsp3) is 0.649. The molecule has 0 aliphatic rings. The molecular formula is C57H94O5. The van der Waals surface area contributed by atoms with Gasteiger partial charge in [0.05, 0.1) is 13.0 Å². The zero-order valence-electron chi connectivity index (χ0n) is 40.3. The lowest BCUT2D eigenvalue weighted by molar-refractivity contribution is -0.162. The summed E-state index contributed by atoms with van der Waals surface area (Å²) in [6.07, 6.45) is 71.2. The molecule has 0 aromatic carbocycles. The van der Waals surface area contributed by atoms with Crippen LogP contribution >= 0.6 is 0 Å². The van der Waals surface area contributed by atoms with Crippen molar-refractivity contribution in [2.45, 2.75) is 219 Å². The van der Waals surface area contributed by atoms with E-state index in [0.717, 1.165) is 89.9 Å². The molecule has 0 spiro atoms. The van der Waals surface area contributed by atoms with Crippen molar-refractivity contribution in [3.63, 3.8) is 0 Å². The fourth-order valence-electron chi connectivity index (χ4n) is 6.53. The van der Waals surface area contributed by atoms with Crippen LogP contribution in [0.25, 0.3) is 0 Å². The van der Waals surface area contributed by atoms with Crippen LogP contribution in [0.2, 0.25) is 0 Å². The number of hydrogen-bond donors (Lipinski definition) is 0. The number of hydrogen-bond acceptors (Lipinski definition) is 5. The smallest absolute Gasteiger partial charge is 0.310 e. The van der Waals surface area contributed by atoms with Gasteiger partial charge in [0, 0.05) is 13.0 Å². The van der Waals surface area contributed by atoms with Crippen LogP contribution in [0.15, 0.2) is 109 Å². The van der Waals surface area contributed by atoms with Gasteiger partial charge in [-0.25, -0.2) is 0 Å². The number of carbonyl (C=O) groups is 2. The Morgan fingerprint density at radius 1 is 0.387 bits per heavy atom. The highest BCUT2D eigenvalue weighted by Crippen LogP contribution is 2.12. The van der Waals surface area contributed by atoms with Gasteiger partial charge in [0.25, 0.3) is 0 Å². The first-order valence-corrected chi connectivity index (χ1v) is 25.4. The third-order valence-electron chi connectivity index (χ3n) is 10.3. The van der Waals surface area contributed by atoms with Gasteiger partial charge >= 0.3 is 11.9 Å². The van der Waals surface area contributed by atoms with Crippen molar-refractivity contribution in [1.82, 2.24) is 0 Å². The monoisotopic (exact) mass is 859 g/mol. The van der Waals surface area contributed by atoms with E-state index in [9.17, 15) is 9.59 Å². The van der Waals surface area contributed by atoms with Crippen LogP contribution in [0.1, 0.15) is 213 Å². The zero-order chi connectivity index (χ0) is 44.9. The Morgan fingerprint density at radius 2 is 0.806 bits per heavy atom. The Balaban J connectivity index is 4.43. The van der Waals surface area contributed by atoms with Crippen LogP contribution < -0.4 is 0 Å². The molecule has 0 saturated carbocycles. The Morgan fingerprint density at radius 3 is 1.31 bits per heavy atom. The van der Waals surface area contributed by atoms with Crippen molar-refractivity contribution in [2.24, 2.45) is 0 Å². The number of ether oxygens (including phenoxy) is 3. The number of allylic oxidation sites excluding steroid dienone is 17. The first-order chi connectivity index (χ1) is 30.6. The molecule has 62 heavy (non-hydrogen) atoms. The summed E-state index contributed by atoms with van der Waals surface area (Å²) >= 11 is 0. The average molecular weight is 859 g/mol. The highest BCUT2D eigenvalue weighted by atomic mass is 16.6. The second kappa shape index (κ2) is 51.9. The summed E-state index contributed by atoms with van der Waals surface area (Å²) in [5.41, 5.74) is 0.